The van der Waals surface area contributed by atoms with Crippen LogP contribution < -0.4 is 5.73 Å². The first-order valence-electron chi connectivity index (χ1n) is 7.53. The van der Waals surface area contributed by atoms with Gasteiger partial charge in [0.2, 0.25) is 11.7 Å². The van der Waals surface area contributed by atoms with Crippen molar-refractivity contribution in [2.45, 2.75) is 5.92 Å². The zero-order valence-electron chi connectivity index (χ0n) is 12.9. The maximum Gasteiger partial charge on any atom is 0.229 e. The molecule has 0 radical (unpaired) electrons. The van der Waals surface area contributed by atoms with Gasteiger partial charge in [-0.15, -0.1) is 0 Å². The third-order valence-electron chi connectivity index (χ3n) is 4.30. The third-order valence-corrected chi connectivity index (χ3v) is 4.30. The number of allylic oxidation sites excluding steroid dienone is 3. The Hall–Kier alpha value is -3.72. The molecule has 2 aromatic rings. The Morgan fingerprint density at radius 1 is 1.08 bits per heavy atom. The van der Waals surface area contributed by atoms with Crippen LogP contribution in [0.3, 0.4) is 0 Å². The maximum absolute atomic E-state index is 13.1. The van der Waals surface area contributed by atoms with Gasteiger partial charge in [-0.25, -0.2) is 0 Å². The summed E-state index contributed by atoms with van der Waals surface area (Å²) in [6, 6.07) is 12.0. The molecule has 1 atom stereocenters. The molecule has 120 valence electrons. The number of pyridine rings is 1. The highest BCUT2D eigenvalue weighted by Gasteiger charge is 2.43. The molecule has 6 heteroatoms. The summed E-state index contributed by atoms with van der Waals surface area (Å²) in [6.45, 7) is 0. The molecule has 1 aromatic heterocycles. The van der Waals surface area contributed by atoms with E-state index < -0.39 is 11.7 Å². The van der Waals surface area contributed by atoms with E-state index in [0.29, 0.717) is 11.1 Å². The SMILES string of the molecule is N#CC1=C(N)OC2=C(C(=O)c3ccccc3C2=O)[C@H]1c1cccnc1. The van der Waals surface area contributed by atoms with E-state index in [0.717, 1.165) is 0 Å². The first-order chi connectivity index (χ1) is 12.1. The summed E-state index contributed by atoms with van der Waals surface area (Å²) in [5.74, 6) is -1.84. The van der Waals surface area contributed by atoms with Gasteiger partial charge in [0, 0.05) is 23.5 Å². The molecular formula is C19H11N3O3. The van der Waals surface area contributed by atoms with Gasteiger partial charge in [-0.2, -0.15) is 5.26 Å². The summed E-state index contributed by atoms with van der Waals surface area (Å²) < 4.78 is 5.41. The van der Waals surface area contributed by atoms with Crippen molar-refractivity contribution in [2.24, 2.45) is 5.73 Å². The van der Waals surface area contributed by atoms with E-state index in [1.54, 1.807) is 48.8 Å². The molecular weight excluding hydrogens is 318 g/mol. The summed E-state index contributed by atoms with van der Waals surface area (Å²) >= 11 is 0. The van der Waals surface area contributed by atoms with Crippen LogP contribution in [-0.2, 0) is 4.74 Å². The van der Waals surface area contributed by atoms with Gasteiger partial charge in [0.05, 0.1) is 11.5 Å². The van der Waals surface area contributed by atoms with Crippen molar-refractivity contribution < 1.29 is 14.3 Å². The van der Waals surface area contributed by atoms with E-state index >= 15 is 0 Å². The van der Waals surface area contributed by atoms with Crippen molar-refractivity contribution in [3.8, 4) is 6.07 Å². The molecule has 2 heterocycles. The average molecular weight is 329 g/mol. The number of rotatable bonds is 1. The van der Waals surface area contributed by atoms with Gasteiger partial charge in [-0.3, -0.25) is 14.6 Å². The van der Waals surface area contributed by atoms with Gasteiger partial charge >= 0.3 is 0 Å². The highest BCUT2D eigenvalue weighted by atomic mass is 16.5. The smallest absolute Gasteiger partial charge is 0.229 e. The van der Waals surface area contributed by atoms with Gasteiger partial charge < -0.3 is 10.5 Å². The molecule has 2 aliphatic rings. The molecule has 4 rings (SSSR count). The molecule has 0 amide bonds. The summed E-state index contributed by atoms with van der Waals surface area (Å²) in [4.78, 5) is 29.9. The Bertz CT molecular complexity index is 1030. The van der Waals surface area contributed by atoms with Gasteiger partial charge in [0.25, 0.3) is 0 Å². The maximum atomic E-state index is 13.1. The number of benzene rings is 1. The lowest BCUT2D eigenvalue weighted by molar-refractivity contribution is 0.0897. The predicted octanol–water partition coefficient (Wildman–Crippen LogP) is 2.22. The number of carbonyl (C=O) groups is 2. The van der Waals surface area contributed by atoms with E-state index in [4.69, 9.17) is 10.5 Å². The summed E-state index contributed by atoms with van der Waals surface area (Å²) in [5.41, 5.74) is 7.24. The minimum atomic E-state index is -0.785. The minimum absolute atomic E-state index is 0.0901. The minimum Gasteiger partial charge on any atom is -0.436 e. The van der Waals surface area contributed by atoms with Crippen LogP contribution in [0.5, 0.6) is 0 Å². The van der Waals surface area contributed by atoms with Crippen molar-refractivity contribution in [3.05, 3.63) is 88.3 Å². The first kappa shape index (κ1) is 14.8. The number of hydrogen-bond acceptors (Lipinski definition) is 6. The number of ketones is 2. The fourth-order valence-electron chi connectivity index (χ4n) is 3.19. The van der Waals surface area contributed by atoms with E-state index in [1.807, 2.05) is 6.07 Å². The number of aromatic nitrogens is 1. The lowest BCUT2D eigenvalue weighted by atomic mass is 9.76. The van der Waals surface area contributed by atoms with E-state index in [9.17, 15) is 14.9 Å². The zero-order valence-corrected chi connectivity index (χ0v) is 12.9. The van der Waals surface area contributed by atoms with Crippen LogP contribution in [0.4, 0.5) is 0 Å². The van der Waals surface area contributed by atoms with Crippen LogP contribution in [0, 0.1) is 11.3 Å². The molecule has 1 aromatic carbocycles. The number of Topliss-reactive ketones (excluding diaryl/α,β-unsaturated/α-hetero) is 2. The Balaban J connectivity index is 1.99. The van der Waals surface area contributed by atoms with E-state index in [2.05, 4.69) is 4.98 Å². The number of carbonyl (C=O) groups excluding carboxylic acids is 2. The van der Waals surface area contributed by atoms with Crippen LogP contribution in [0.2, 0.25) is 0 Å². The first-order valence-corrected chi connectivity index (χ1v) is 7.53. The van der Waals surface area contributed by atoms with Gasteiger partial charge in [0.1, 0.15) is 11.6 Å². The van der Waals surface area contributed by atoms with Crippen molar-refractivity contribution >= 4 is 11.6 Å². The second-order valence-corrected chi connectivity index (χ2v) is 5.66. The fourth-order valence-corrected chi connectivity index (χ4v) is 3.19. The predicted molar refractivity (Wildman–Crippen MR) is 87.0 cm³/mol. The number of fused-ring (bicyclic) bond motifs is 1. The molecule has 0 bridgehead atoms. The Morgan fingerprint density at radius 3 is 2.44 bits per heavy atom. The van der Waals surface area contributed by atoms with Gasteiger partial charge in [-0.1, -0.05) is 30.3 Å². The van der Waals surface area contributed by atoms with Crippen molar-refractivity contribution in [2.75, 3.05) is 0 Å². The molecule has 0 unspecified atom stereocenters. The molecule has 6 nitrogen and oxygen atoms in total. The summed E-state index contributed by atoms with van der Waals surface area (Å²) in [6.07, 6.45) is 3.13. The third kappa shape index (κ3) is 2.07. The second-order valence-electron chi connectivity index (χ2n) is 5.66. The van der Waals surface area contributed by atoms with E-state index in [-0.39, 0.29) is 34.1 Å². The Morgan fingerprint density at radius 2 is 1.80 bits per heavy atom. The topological polar surface area (TPSA) is 106 Å². The number of nitriles is 1. The van der Waals surface area contributed by atoms with Crippen LogP contribution in [-0.4, -0.2) is 16.6 Å². The van der Waals surface area contributed by atoms with Crippen molar-refractivity contribution in [1.82, 2.24) is 4.98 Å². The highest BCUT2D eigenvalue weighted by molar-refractivity contribution is 6.27. The number of hydrogen-bond donors (Lipinski definition) is 1. The lowest BCUT2D eigenvalue weighted by Crippen LogP contribution is -2.32. The zero-order chi connectivity index (χ0) is 17.6. The van der Waals surface area contributed by atoms with Crippen LogP contribution in [0.1, 0.15) is 32.2 Å². The van der Waals surface area contributed by atoms with E-state index in [1.165, 1.54) is 0 Å². The second kappa shape index (κ2) is 5.42. The van der Waals surface area contributed by atoms with Gasteiger partial charge in [-0.05, 0) is 11.6 Å². The number of nitrogens with zero attached hydrogens (tertiary/aromatic N) is 2. The van der Waals surface area contributed by atoms with Crippen LogP contribution in [0.25, 0.3) is 0 Å². The molecule has 2 N–H and O–H groups in total. The van der Waals surface area contributed by atoms with Crippen LogP contribution in [0.15, 0.2) is 71.6 Å². The molecule has 0 saturated carbocycles. The van der Waals surface area contributed by atoms with Gasteiger partial charge in [0.15, 0.2) is 11.5 Å². The Kier molecular flexibility index (Phi) is 3.22. The molecule has 1 aliphatic carbocycles. The largest absolute Gasteiger partial charge is 0.436 e. The molecule has 25 heavy (non-hydrogen) atoms. The van der Waals surface area contributed by atoms with Crippen molar-refractivity contribution in [3.63, 3.8) is 0 Å². The molecule has 0 fully saturated rings. The quantitative estimate of drug-likeness (QED) is 0.860. The lowest BCUT2D eigenvalue weighted by Gasteiger charge is -2.30. The van der Waals surface area contributed by atoms with Crippen molar-refractivity contribution in [1.29, 1.82) is 5.26 Å². The normalized spacial score (nSPS) is 19.1. The molecule has 1 aliphatic heterocycles. The monoisotopic (exact) mass is 329 g/mol. The standard InChI is InChI=1S/C19H11N3O3/c20-8-13-14(10-4-3-7-22-9-10)15-16(23)11-5-1-2-6-12(11)17(24)18(15)25-19(13)21/h1-7,9,14H,21H2/t14-/m0/s1. The fraction of sp³-hybridized carbons (Fsp3) is 0.0526. The summed E-state index contributed by atoms with van der Waals surface area (Å²) in [5, 5.41) is 9.52. The van der Waals surface area contributed by atoms with Crippen LogP contribution >= 0.6 is 0 Å². The highest BCUT2D eigenvalue weighted by Crippen LogP contribution is 2.43. The molecule has 0 saturated heterocycles. The Labute approximate surface area is 142 Å². The number of nitrogens with two attached hydrogens (primary N) is 1. The average Bonchev–Trinajstić information content (AvgIpc) is 2.66. The molecule has 0 spiro atoms. The summed E-state index contributed by atoms with van der Waals surface area (Å²) in [7, 11) is 0. The number of ether oxygens (including phenoxy) is 1.